The number of rotatable bonds is 3. The van der Waals surface area contributed by atoms with E-state index in [1.807, 2.05) is 4.90 Å². The number of nitrogens with two attached hydrogens (primary N) is 1. The normalized spacial score (nSPS) is 19.9. The monoisotopic (exact) mass is 254 g/mol. The van der Waals surface area contributed by atoms with Crippen LogP contribution in [0.3, 0.4) is 0 Å². The minimum atomic E-state index is -0.462. The predicted molar refractivity (Wildman–Crippen MR) is 69.4 cm³/mol. The second-order valence-electron chi connectivity index (χ2n) is 4.57. The topological polar surface area (TPSA) is 58.7 Å². The average Bonchev–Trinajstić information content (AvgIpc) is 2.39. The number of benzene rings is 1. The third-order valence-corrected chi connectivity index (χ3v) is 3.45. The summed E-state index contributed by atoms with van der Waals surface area (Å²) in [5, 5.41) is 9.41. The molecular formula is C13H19FN2O2. The maximum Gasteiger partial charge on any atom is 0.167 e. The van der Waals surface area contributed by atoms with Crippen molar-refractivity contribution in [2.75, 3.05) is 30.9 Å². The summed E-state index contributed by atoms with van der Waals surface area (Å²) in [4.78, 5) is 2.04. The van der Waals surface area contributed by atoms with E-state index >= 15 is 0 Å². The molecule has 1 heterocycles. The Morgan fingerprint density at radius 1 is 1.50 bits per heavy atom. The molecule has 0 saturated carbocycles. The van der Waals surface area contributed by atoms with Crippen molar-refractivity contribution >= 4 is 11.4 Å². The van der Waals surface area contributed by atoms with E-state index in [2.05, 4.69) is 0 Å². The molecule has 18 heavy (non-hydrogen) atoms. The van der Waals surface area contributed by atoms with Gasteiger partial charge in [-0.15, -0.1) is 0 Å². The summed E-state index contributed by atoms with van der Waals surface area (Å²) in [5.74, 6) is -0.280. The van der Waals surface area contributed by atoms with Gasteiger partial charge < -0.3 is 20.5 Å². The Morgan fingerprint density at radius 3 is 2.94 bits per heavy atom. The molecule has 100 valence electrons. The molecule has 1 atom stereocenters. The first-order chi connectivity index (χ1) is 8.67. The van der Waals surface area contributed by atoms with E-state index in [0.717, 1.165) is 31.5 Å². The fourth-order valence-electron chi connectivity index (χ4n) is 2.47. The van der Waals surface area contributed by atoms with Crippen molar-refractivity contribution < 1.29 is 14.2 Å². The van der Waals surface area contributed by atoms with Crippen molar-refractivity contribution in [1.82, 2.24) is 0 Å². The number of aliphatic hydroxyl groups excluding tert-OH is 1. The molecule has 0 spiro atoms. The first kappa shape index (κ1) is 13.0. The van der Waals surface area contributed by atoms with Crippen LogP contribution in [0.1, 0.15) is 19.3 Å². The van der Waals surface area contributed by atoms with E-state index in [4.69, 9.17) is 10.5 Å². The van der Waals surface area contributed by atoms with Crippen LogP contribution in [-0.4, -0.2) is 31.4 Å². The molecule has 1 saturated heterocycles. The minimum absolute atomic E-state index is 0.0521. The maximum atomic E-state index is 13.5. The van der Waals surface area contributed by atoms with Gasteiger partial charge in [0.15, 0.2) is 11.6 Å². The van der Waals surface area contributed by atoms with Crippen LogP contribution in [0.25, 0.3) is 0 Å². The standard InChI is InChI=1S/C13H19FN2O2/c1-18-13-7-12(11(15)6-10(13)14)16-5-3-2-4-9(16)8-17/h6-7,9,17H,2-5,8,15H2,1H3. The van der Waals surface area contributed by atoms with Crippen molar-refractivity contribution in [1.29, 1.82) is 0 Å². The maximum absolute atomic E-state index is 13.5. The van der Waals surface area contributed by atoms with Gasteiger partial charge in [0.25, 0.3) is 0 Å². The van der Waals surface area contributed by atoms with Gasteiger partial charge in [0.1, 0.15) is 0 Å². The summed E-state index contributed by atoms with van der Waals surface area (Å²) < 4.78 is 18.5. The van der Waals surface area contributed by atoms with Crippen LogP contribution in [0.4, 0.5) is 15.8 Å². The zero-order valence-corrected chi connectivity index (χ0v) is 10.5. The van der Waals surface area contributed by atoms with Crippen molar-refractivity contribution in [2.24, 2.45) is 0 Å². The Balaban J connectivity index is 2.36. The second kappa shape index (κ2) is 5.44. The molecule has 0 bridgehead atoms. The first-order valence-corrected chi connectivity index (χ1v) is 6.18. The summed E-state index contributed by atoms with van der Waals surface area (Å²) in [5.41, 5.74) is 7.00. The van der Waals surface area contributed by atoms with Crippen molar-refractivity contribution in [3.63, 3.8) is 0 Å². The molecule has 1 aromatic rings. The van der Waals surface area contributed by atoms with Gasteiger partial charge in [0.2, 0.25) is 0 Å². The minimum Gasteiger partial charge on any atom is -0.494 e. The average molecular weight is 254 g/mol. The number of aliphatic hydroxyl groups is 1. The molecule has 3 N–H and O–H groups in total. The fraction of sp³-hybridized carbons (Fsp3) is 0.538. The number of hydrogen-bond acceptors (Lipinski definition) is 4. The lowest BCUT2D eigenvalue weighted by atomic mass is 10.0. The number of nitrogens with zero attached hydrogens (tertiary/aromatic N) is 1. The van der Waals surface area contributed by atoms with E-state index in [1.54, 1.807) is 6.07 Å². The highest BCUT2D eigenvalue weighted by Crippen LogP contribution is 2.34. The summed E-state index contributed by atoms with van der Waals surface area (Å²) >= 11 is 0. The summed E-state index contributed by atoms with van der Waals surface area (Å²) in [7, 11) is 1.43. The van der Waals surface area contributed by atoms with E-state index in [0.29, 0.717) is 5.69 Å². The SMILES string of the molecule is COc1cc(N2CCCCC2CO)c(N)cc1F. The lowest BCUT2D eigenvalue weighted by Crippen LogP contribution is -2.42. The van der Waals surface area contributed by atoms with Crippen molar-refractivity contribution in [2.45, 2.75) is 25.3 Å². The molecule has 0 amide bonds. The van der Waals surface area contributed by atoms with Crippen LogP contribution in [0.2, 0.25) is 0 Å². The van der Waals surface area contributed by atoms with E-state index in [-0.39, 0.29) is 18.4 Å². The lowest BCUT2D eigenvalue weighted by Gasteiger charge is -2.37. The smallest absolute Gasteiger partial charge is 0.167 e. The Kier molecular flexibility index (Phi) is 3.91. The Morgan fingerprint density at radius 2 is 2.28 bits per heavy atom. The molecule has 1 aromatic carbocycles. The third kappa shape index (κ3) is 2.36. The summed E-state index contributed by atoms with van der Waals surface area (Å²) in [6.07, 6.45) is 3.07. The molecule has 1 aliphatic rings. The van der Waals surface area contributed by atoms with Crippen LogP contribution >= 0.6 is 0 Å². The predicted octanol–water partition coefficient (Wildman–Crippen LogP) is 1.77. The van der Waals surface area contributed by atoms with Gasteiger partial charge >= 0.3 is 0 Å². The number of nitrogen functional groups attached to an aromatic ring is 1. The van der Waals surface area contributed by atoms with Gasteiger partial charge in [-0.25, -0.2) is 4.39 Å². The van der Waals surface area contributed by atoms with Gasteiger partial charge in [0, 0.05) is 18.7 Å². The highest BCUT2D eigenvalue weighted by molar-refractivity contribution is 5.70. The van der Waals surface area contributed by atoms with E-state index < -0.39 is 5.82 Å². The molecule has 2 rings (SSSR count). The molecular weight excluding hydrogens is 235 g/mol. The Bertz CT molecular complexity index is 426. The lowest BCUT2D eigenvalue weighted by molar-refractivity contribution is 0.240. The molecule has 1 aliphatic heterocycles. The summed E-state index contributed by atoms with van der Waals surface area (Å²) in [6, 6.07) is 2.94. The van der Waals surface area contributed by atoms with Gasteiger partial charge in [0.05, 0.1) is 31.1 Å². The van der Waals surface area contributed by atoms with Gasteiger partial charge in [-0.05, 0) is 19.3 Å². The summed E-state index contributed by atoms with van der Waals surface area (Å²) in [6.45, 7) is 0.906. The third-order valence-electron chi connectivity index (χ3n) is 3.45. The molecule has 1 fully saturated rings. The number of piperidine rings is 1. The first-order valence-electron chi connectivity index (χ1n) is 6.18. The van der Waals surface area contributed by atoms with Crippen LogP contribution < -0.4 is 15.4 Å². The number of anilines is 2. The van der Waals surface area contributed by atoms with Gasteiger partial charge in [-0.2, -0.15) is 0 Å². The van der Waals surface area contributed by atoms with Crippen LogP contribution in [0.15, 0.2) is 12.1 Å². The van der Waals surface area contributed by atoms with E-state index in [1.165, 1.54) is 13.2 Å². The van der Waals surface area contributed by atoms with Crippen LogP contribution in [0.5, 0.6) is 5.75 Å². The fourth-order valence-corrected chi connectivity index (χ4v) is 2.47. The Hall–Kier alpha value is -1.49. The largest absolute Gasteiger partial charge is 0.494 e. The van der Waals surface area contributed by atoms with Crippen LogP contribution in [-0.2, 0) is 0 Å². The number of halogens is 1. The number of hydrogen-bond donors (Lipinski definition) is 2. The zero-order chi connectivity index (χ0) is 13.1. The molecule has 0 aromatic heterocycles. The highest BCUT2D eigenvalue weighted by Gasteiger charge is 2.24. The quantitative estimate of drug-likeness (QED) is 0.807. The molecule has 4 nitrogen and oxygen atoms in total. The van der Waals surface area contributed by atoms with Crippen molar-refractivity contribution in [3.8, 4) is 5.75 Å². The van der Waals surface area contributed by atoms with Crippen molar-refractivity contribution in [3.05, 3.63) is 17.9 Å². The molecule has 5 heteroatoms. The highest BCUT2D eigenvalue weighted by atomic mass is 19.1. The number of ether oxygens (including phenoxy) is 1. The zero-order valence-electron chi connectivity index (χ0n) is 10.5. The van der Waals surface area contributed by atoms with Gasteiger partial charge in [-0.3, -0.25) is 0 Å². The molecule has 0 aliphatic carbocycles. The van der Waals surface area contributed by atoms with Gasteiger partial charge in [-0.1, -0.05) is 0 Å². The molecule has 0 radical (unpaired) electrons. The Labute approximate surface area is 106 Å². The van der Waals surface area contributed by atoms with E-state index in [9.17, 15) is 9.50 Å². The molecule has 1 unspecified atom stereocenters. The number of methoxy groups -OCH3 is 1. The second-order valence-corrected chi connectivity index (χ2v) is 4.57. The van der Waals surface area contributed by atoms with Crippen LogP contribution in [0, 0.1) is 5.82 Å².